The van der Waals surface area contributed by atoms with Crippen LogP contribution in [0, 0.1) is 20.8 Å². The topological polar surface area (TPSA) is 71.3 Å². The Kier molecular flexibility index (Phi) is 6.52. The van der Waals surface area contributed by atoms with E-state index >= 15 is 0 Å². The first-order valence-corrected chi connectivity index (χ1v) is 9.85. The van der Waals surface area contributed by atoms with Gasteiger partial charge in [-0.15, -0.1) is 0 Å². The van der Waals surface area contributed by atoms with E-state index in [2.05, 4.69) is 16.7 Å². The Balaban J connectivity index is 1.85. The Morgan fingerprint density at radius 3 is 2.43 bits per heavy atom. The van der Waals surface area contributed by atoms with E-state index in [1.165, 1.54) is 12.3 Å². The van der Waals surface area contributed by atoms with Gasteiger partial charge in [-0.25, -0.2) is 0 Å². The summed E-state index contributed by atoms with van der Waals surface area (Å²) in [4.78, 5) is 25.9. The normalized spacial score (nSPS) is 12.3. The molecule has 0 aliphatic carbocycles. The number of aryl methyl sites for hydroxylation is 3. The van der Waals surface area contributed by atoms with Crippen LogP contribution in [0.15, 0.2) is 71.0 Å². The van der Waals surface area contributed by atoms with E-state index < -0.39 is 0 Å². The average Bonchev–Trinajstić information content (AvgIpc) is 3.22. The summed E-state index contributed by atoms with van der Waals surface area (Å²) in [5, 5.41) is 5.73. The second-order valence-corrected chi connectivity index (χ2v) is 7.40. The van der Waals surface area contributed by atoms with Crippen LogP contribution in [0.4, 0.5) is 0 Å². The molecule has 2 aromatic carbocycles. The Labute approximate surface area is 176 Å². The lowest BCUT2D eigenvalue weighted by Crippen LogP contribution is -2.36. The van der Waals surface area contributed by atoms with Crippen molar-refractivity contribution in [3.63, 3.8) is 0 Å². The van der Waals surface area contributed by atoms with Gasteiger partial charge in [0, 0.05) is 11.6 Å². The summed E-state index contributed by atoms with van der Waals surface area (Å²) < 4.78 is 5.34. The van der Waals surface area contributed by atoms with Gasteiger partial charge in [0.15, 0.2) is 0 Å². The first-order valence-electron chi connectivity index (χ1n) is 9.85. The minimum absolute atomic E-state index is 0.121. The van der Waals surface area contributed by atoms with E-state index in [1.807, 2.05) is 52.0 Å². The highest BCUT2D eigenvalue weighted by molar-refractivity contribution is 6.05. The van der Waals surface area contributed by atoms with Crippen LogP contribution in [0.2, 0.25) is 0 Å². The van der Waals surface area contributed by atoms with Crippen LogP contribution in [-0.4, -0.2) is 11.8 Å². The zero-order valence-electron chi connectivity index (χ0n) is 17.7. The van der Waals surface area contributed by atoms with Gasteiger partial charge in [-0.3, -0.25) is 9.59 Å². The van der Waals surface area contributed by atoms with Crippen LogP contribution in [0.3, 0.4) is 0 Å². The third-order valence-electron chi connectivity index (χ3n) is 4.96. The summed E-state index contributed by atoms with van der Waals surface area (Å²) in [5.41, 5.74) is 4.71. The van der Waals surface area contributed by atoms with Gasteiger partial charge in [-0.1, -0.05) is 42.0 Å². The third-order valence-corrected chi connectivity index (χ3v) is 4.96. The van der Waals surface area contributed by atoms with Crippen molar-refractivity contribution < 1.29 is 14.0 Å². The van der Waals surface area contributed by atoms with Gasteiger partial charge in [0.2, 0.25) is 0 Å². The van der Waals surface area contributed by atoms with E-state index in [9.17, 15) is 9.59 Å². The van der Waals surface area contributed by atoms with Crippen molar-refractivity contribution in [1.82, 2.24) is 10.6 Å². The van der Waals surface area contributed by atoms with Crippen molar-refractivity contribution in [2.75, 3.05) is 0 Å². The standard InChI is InChI=1S/C25H26N2O3/c1-16-11-12-18(3)22(14-16)19(4)26-25(29)23(15-20-9-7-13-30-20)27-24(28)21-10-6-5-8-17(21)2/h5-15,19H,1-4H3,(H,26,29)(H,27,28)/b23-15-/t19-/m0/s1. The van der Waals surface area contributed by atoms with Gasteiger partial charge < -0.3 is 15.1 Å². The molecule has 154 valence electrons. The third kappa shape index (κ3) is 5.06. The van der Waals surface area contributed by atoms with Gasteiger partial charge in [0.1, 0.15) is 11.5 Å². The molecule has 0 unspecified atom stereocenters. The molecule has 1 heterocycles. The maximum Gasteiger partial charge on any atom is 0.268 e. The van der Waals surface area contributed by atoms with Crippen molar-refractivity contribution in [1.29, 1.82) is 0 Å². The van der Waals surface area contributed by atoms with Crippen molar-refractivity contribution in [2.24, 2.45) is 0 Å². The molecule has 5 heteroatoms. The number of hydrogen-bond donors (Lipinski definition) is 2. The number of amides is 2. The van der Waals surface area contributed by atoms with Gasteiger partial charge in [-0.2, -0.15) is 0 Å². The lowest BCUT2D eigenvalue weighted by atomic mass is 10.00. The summed E-state index contributed by atoms with van der Waals surface area (Å²) in [6, 6.07) is 16.6. The number of furan rings is 1. The molecule has 0 bridgehead atoms. The fourth-order valence-electron chi connectivity index (χ4n) is 3.27. The molecule has 0 fully saturated rings. The quantitative estimate of drug-likeness (QED) is 0.579. The van der Waals surface area contributed by atoms with E-state index in [0.717, 1.165) is 22.3 Å². The lowest BCUT2D eigenvalue weighted by molar-refractivity contribution is -0.118. The molecule has 0 radical (unpaired) electrons. The van der Waals surface area contributed by atoms with Crippen LogP contribution < -0.4 is 10.6 Å². The average molecular weight is 402 g/mol. The molecule has 5 nitrogen and oxygen atoms in total. The molecule has 0 spiro atoms. The predicted molar refractivity (Wildman–Crippen MR) is 118 cm³/mol. The highest BCUT2D eigenvalue weighted by Crippen LogP contribution is 2.19. The molecule has 0 aliphatic rings. The molecule has 1 atom stereocenters. The van der Waals surface area contributed by atoms with Crippen LogP contribution in [-0.2, 0) is 4.79 Å². The Bertz CT molecular complexity index is 1080. The van der Waals surface area contributed by atoms with Crippen molar-refractivity contribution in [3.8, 4) is 0 Å². The smallest absolute Gasteiger partial charge is 0.268 e. The largest absolute Gasteiger partial charge is 0.465 e. The molecule has 0 aliphatic heterocycles. The summed E-state index contributed by atoms with van der Waals surface area (Å²) in [6.07, 6.45) is 3.05. The van der Waals surface area contributed by atoms with Gasteiger partial charge in [0.05, 0.1) is 12.3 Å². The van der Waals surface area contributed by atoms with Crippen molar-refractivity contribution in [2.45, 2.75) is 33.7 Å². The molecule has 2 amide bonds. The molecular formula is C25H26N2O3. The number of benzene rings is 2. The van der Waals surface area contributed by atoms with Gasteiger partial charge in [0.25, 0.3) is 11.8 Å². The lowest BCUT2D eigenvalue weighted by Gasteiger charge is -2.19. The minimum atomic E-state index is -0.387. The Morgan fingerprint density at radius 1 is 0.967 bits per heavy atom. The first kappa shape index (κ1) is 21.1. The summed E-state index contributed by atoms with van der Waals surface area (Å²) >= 11 is 0. The second-order valence-electron chi connectivity index (χ2n) is 7.40. The summed E-state index contributed by atoms with van der Waals surface area (Å²) in [5.74, 6) is -0.258. The molecular weight excluding hydrogens is 376 g/mol. The van der Waals surface area contributed by atoms with Gasteiger partial charge in [-0.05, 0) is 62.6 Å². The van der Waals surface area contributed by atoms with E-state index in [4.69, 9.17) is 4.42 Å². The molecule has 1 aromatic heterocycles. The highest BCUT2D eigenvalue weighted by Gasteiger charge is 2.19. The Morgan fingerprint density at radius 2 is 1.73 bits per heavy atom. The number of carbonyl (C=O) groups is 2. The predicted octanol–water partition coefficient (Wildman–Crippen LogP) is 4.85. The van der Waals surface area contributed by atoms with E-state index in [1.54, 1.807) is 24.3 Å². The molecule has 2 N–H and O–H groups in total. The zero-order chi connectivity index (χ0) is 21.7. The van der Waals surface area contributed by atoms with Crippen LogP contribution in [0.5, 0.6) is 0 Å². The molecule has 0 saturated carbocycles. The summed E-state index contributed by atoms with van der Waals surface area (Å²) in [6.45, 7) is 7.81. The second kappa shape index (κ2) is 9.27. The fourth-order valence-corrected chi connectivity index (χ4v) is 3.27. The number of carbonyl (C=O) groups excluding carboxylic acids is 2. The van der Waals surface area contributed by atoms with Gasteiger partial charge >= 0.3 is 0 Å². The first-order chi connectivity index (χ1) is 14.3. The highest BCUT2D eigenvalue weighted by atomic mass is 16.3. The zero-order valence-corrected chi connectivity index (χ0v) is 17.7. The number of nitrogens with one attached hydrogen (secondary N) is 2. The monoisotopic (exact) mass is 402 g/mol. The summed E-state index contributed by atoms with van der Waals surface area (Å²) in [7, 11) is 0. The van der Waals surface area contributed by atoms with Crippen LogP contribution >= 0.6 is 0 Å². The number of rotatable bonds is 6. The fraction of sp³-hybridized carbons (Fsp3) is 0.200. The van der Waals surface area contributed by atoms with E-state index in [-0.39, 0.29) is 23.6 Å². The molecule has 30 heavy (non-hydrogen) atoms. The van der Waals surface area contributed by atoms with E-state index in [0.29, 0.717) is 11.3 Å². The van der Waals surface area contributed by atoms with Crippen molar-refractivity contribution >= 4 is 17.9 Å². The van der Waals surface area contributed by atoms with Crippen LogP contribution in [0.1, 0.15) is 51.3 Å². The minimum Gasteiger partial charge on any atom is -0.465 e. The van der Waals surface area contributed by atoms with Crippen molar-refractivity contribution in [3.05, 3.63) is 100 Å². The Hall–Kier alpha value is -3.60. The number of hydrogen-bond acceptors (Lipinski definition) is 3. The maximum atomic E-state index is 13.1. The SMILES string of the molecule is Cc1ccc(C)c([C@H](C)NC(=O)/C(=C/c2ccco2)NC(=O)c2ccccc2C)c1. The molecule has 3 rings (SSSR count). The van der Waals surface area contributed by atoms with Crippen LogP contribution in [0.25, 0.3) is 6.08 Å². The molecule has 0 saturated heterocycles. The maximum absolute atomic E-state index is 13.1. The molecule has 3 aromatic rings.